The molecule has 0 aliphatic carbocycles. The van der Waals surface area contributed by atoms with Crippen LogP contribution in [0.5, 0.6) is 0 Å². The molecule has 0 saturated heterocycles. The van der Waals surface area contributed by atoms with Gasteiger partial charge in [-0.25, -0.2) is 5.43 Å². The number of nitrogens with one attached hydrogen (secondary N) is 1. The van der Waals surface area contributed by atoms with Crippen LogP contribution in [0, 0.1) is 0 Å². The zero-order valence-electron chi connectivity index (χ0n) is 18.3. The zero-order chi connectivity index (χ0) is 24.2. The van der Waals surface area contributed by atoms with Crippen LogP contribution in [0.2, 0.25) is 10.0 Å². The van der Waals surface area contributed by atoms with Gasteiger partial charge in [-0.15, -0.1) is 10.2 Å². The molecule has 2 aromatic heterocycles. The van der Waals surface area contributed by atoms with Gasteiger partial charge in [0.05, 0.1) is 6.21 Å². The van der Waals surface area contributed by atoms with Crippen LogP contribution in [0.3, 0.4) is 0 Å². The first-order chi connectivity index (χ1) is 17.1. The minimum atomic E-state index is -0.366. The molecule has 3 aromatic carbocycles. The number of nitrogens with zero attached hydrogens (tertiary/aromatic N) is 6. The smallest absolute Gasteiger partial charge is 0.263 e. The lowest BCUT2D eigenvalue weighted by atomic mass is 10.2. The quantitative estimate of drug-likeness (QED) is 0.255. The molecule has 2 heterocycles. The van der Waals surface area contributed by atoms with Crippen LogP contribution >= 0.6 is 23.2 Å². The molecular weight excluding hydrogens is 485 g/mol. The molecule has 174 valence electrons. The molecule has 0 bridgehead atoms. The van der Waals surface area contributed by atoms with Crippen LogP contribution in [0.1, 0.15) is 11.1 Å². The number of carbonyl (C=O) groups excluding carboxylic acids is 1. The number of fused-ring (bicyclic) bond motifs is 1. The van der Waals surface area contributed by atoms with Crippen molar-refractivity contribution in [1.29, 1.82) is 0 Å². The van der Waals surface area contributed by atoms with E-state index in [-0.39, 0.29) is 12.5 Å². The van der Waals surface area contributed by atoms with E-state index in [0.29, 0.717) is 22.4 Å². The zero-order valence-corrected chi connectivity index (χ0v) is 19.9. The summed E-state index contributed by atoms with van der Waals surface area (Å²) >= 11 is 12.4. The number of benzene rings is 3. The van der Waals surface area contributed by atoms with Gasteiger partial charge in [-0.1, -0.05) is 77.8 Å². The van der Waals surface area contributed by atoms with Crippen LogP contribution in [0.4, 0.5) is 0 Å². The molecule has 0 unspecified atom stereocenters. The van der Waals surface area contributed by atoms with Crippen molar-refractivity contribution < 1.29 is 4.79 Å². The summed E-state index contributed by atoms with van der Waals surface area (Å²) in [6.45, 7) is 0.465. The minimum Gasteiger partial charge on any atom is -0.342 e. The predicted molar refractivity (Wildman–Crippen MR) is 136 cm³/mol. The van der Waals surface area contributed by atoms with Crippen LogP contribution in [-0.2, 0) is 17.9 Å². The van der Waals surface area contributed by atoms with Gasteiger partial charge in [-0.05, 0) is 29.0 Å². The molecule has 1 N–H and O–H groups in total. The van der Waals surface area contributed by atoms with E-state index in [4.69, 9.17) is 23.2 Å². The molecule has 0 aliphatic rings. The lowest BCUT2D eigenvalue weighted by Crippen LogP contribution is -2.24. The number of para-hydroxylation sites is 1. The monoisotopic (exact) mass is 503 g/mol. The fourth-order valence-corrected chi connectivity index (χ4v) is 4.16. The Morgan fingerprint density at radius 3 is 2.66 bits per heavy atom. The maximum atomic E-state index is 12.3. The van der Waals surface area contributed by atoms with Gasteiger partial charge >= 0.3 is 0 Å². The van der Waals surface area contributed by atoms with Crippen molar-refractivity contribution in [2.75, 3.05) is 0 Å². The van der Waals surface area contributed by atoms with Gasteiger partial charge in [-0.3, -0.25) is 4.79 Å². The fraction of sp³-hybridized carbons (Fsp3) is 0.0800. The summed E-state index contributed by atoms with van der Waals surface area (Å²) in [5.74, 6) is 0.0884. The molecule has 0 atom stereocenters. The summed E-state index contributed by atoms with van der Waals surface area (Å²) in [5.41, 5.74) is 6.18. The van der Waals surface area contributed by atoms with Gasteiger partial charge in [0.15, 0.2) is 0 Å². The summed E-state index contributed by atoms with van der Waals surface area (Å²) < 4.78 is 2.08. The number of hydrogen-bond donors (Lipinski definition) is 1. The molecule has 5 aromatic rings. The Kier molecular flexibility index (Phi) is 6.56. The highest BCUT2D eigenvalue weighted by molar-refractivity contribution is 6.35. The molecule has 0 radical (unpaired) electrons. The summed E-state index contributed by atoms with van der Waals surface area (Å²) in [6, 6.07) is 22.9. The van der Waals surface area contributed by atoms with Crippen molar-refractivity contribution in [2.24, 2.45) is 5.10 Å². The van der Waals surface area contributed by atoms with Crippen molar-refractivity contribution in [3.63, 3.8) is 0 Å². The summed E-state index contributed by atoms with van der Waals surface area (Å²) in [6.07, 6.45) is 3.58. The van der Waals surface area contributed by atoms with E-state index in [1.165, 1.54) is 4.80 Å². The first kappa shape index (κ1) is 22.8. The Hall–Kier alpha value is -4.01. The number of halogens is 2. The number of aromatic nitrogens is 5. The number of hydrogen-bond acceptors (Lipinski definition) is 5. The second kappa shape index (κ2) is 10.1. The fourth-order valence-electron chi connectivity index (χ4n) is 3.69. The van der Waals surface area contributed by atoms with E-state index in [1.54, 1.807) is 12.3 Å². The van der Waals surface area contributed by atoms with Crippen LogP contribution in [-0.4, -0.2) is 36.9 Å². The normalized spacial score (nSPS) is 11.4. The minimum absolute atomic E-state index is 0.103. The van der Waals surface area contributed by atoms with E-state index in [9.17, 15) is 4.79 Å². The molecule has 5 rings (SSSR count). The second-order valence-electron chi connectivity index (χ2n) is 7.77. The lowest BCUT2D eigenvalue weighted by Gasteiger charge is -2.08. The maximum Gasteiger partial charge on any atom is 0.263 e. The Bertz CT molecular complexity index is 1530. The standard InChI is InChI=1S/C25H19Cl2N7O/c26-20-11-10-18(22(27)12-20)14-33-15-19(21-8-4-5-9-23(21)33)13-28-29-24(35)16-34-31-25(30-32-34)17-6-2-1-3-7-17/h1-13,15H,14,16H2,(H,29,35)/b28-13+. The molecular formula is C25H19Cl2N7O. The van der Waals surface area contributed by atoms with Crippen molar-refractivity contribution in [3.8, 4) is 11.4 Å². The van der Waals surface area contributed by atoms with Gasteiger partial charge in [0, 0.05) is 44.8 Å². The highest BCUT2D eigenvalue weighted by Crippen LogP contribution is 2.25. The second-order valence-corrected chi connectivity index (χ2v) is 8.61. The van der Waals surface area contributed by atoms with Crippen molar-refractivity contribution in [3.05, 3.63) is 100 Å². The summed E-state index contributed by atoms with van der Waals surface area (Å²) in [5, 5.41) is 18.5. The average Bonchev–Trinajstić information content (AvgIpc) is 3.47. The maximum absolute atomic E-state index is 12.3. The van der Waals surface area contributed by atoms with Gasteiger partial charge in [-0.2, -0.15) is 9.90 Å². The molecule has 1 amide bonds. The molecule has 10 heteroatoms. The van der Waals surface area contributed by atoms with Crippen LogP contribution in [0.25, 0.3) is 22.3 Å². The number of tetrazole rings is 1. The number of carbonyl (C=O) groups is 1. The molecule has 35 heavy (non-hydrogen) atoms. The van der Waals surface area contributed by atoms with Crippen molar-refractivity contribution >= 4 is 46.2 Å². The first-order valence-electron chi connectivity index (χ1n) is 10.7. The Morgan fingerprint density at radius 2 is 1.83 bits per heavy atom. The van der Waals surface area contributed by atoms with Crippen LogP contribution in [0.15, 0.2) is 84.1 Å². The van der Waals surface area contributed by atoms with Crippen LogP contribution < -0.4 is 5.43 Å². The van der Waals surface area contributed by atoms with Gasteiger partial charge in [0.2, 0.25) is 5.82 Å². The molecule has 0 fully saturated rings. The summed E-state index contributed by atoms with van der Waals surface area (Å²) in [4.78, 5) is 13.6. The lowest BCUT2D eigenvalue weighted by molar-refractivity contribution is -0.122. The van der Waals surface area contributed by atoms with E-state index < -0.39 is 0 Å². The SMILES string of the molecule is O=C(Cn1nnc(-c2ccccc2)n1)N/N=C/c1cn(Cc2ccc(Cl)cc2Cl)c2ccccc12. The van der Waals surface area contributed by atoms with E-state index in [2.05, 4.69) is 30.5 Å². The first-order valence-corrected chi connectivity index (χ1v) is 11.5. The number of rotatable bonds is 7. The van der Waals surface area contributed by atoms with Gasteiger partial charge in [0.25, 0.3) is 5.91 Å². The van der Waals surface area contributed by atoms with E-state index >= 15 is 0 Å². The van der Waals surface area contributed by atoms with E-state index in [0.717, 1.165) is 27.6 Å². The predicted octanol–water partition coefficient (Wildman–Crippen LogP) is 4.80. The molecule has 0 aliphatic heterocycles. The number of hydrazone groups is 1. The van der Waals surface area contributed by atoms with E-state index in [1.807, 2.05) is 72.9 Å². The third-order valence-corrected chi connectivity index (χ3v) is 5.92. The van der Waals surface area contributed by atoms with Crippen molar-refractivity contribution in [1.82, 2.24) is 30.2 Å². The van der Waals surface area contributed by atoms with Gasteiger partial charge < -0.3 is 4.57 Å². The third-order valence-electron chi connectivity index (χ3n) is 5.34. The number of amides is 1. The summed E-state index contributed by atoms with van der Waals surface area (Å²) in [7, 11) is 0. The van der Waals surface area contributed by atoms with Crippen molar-refractivity contribution in [2.45, 2.75) is 13.1 Å². The largest absolute Gasteiger partial charge is 0.342 e. The third kappa shape index (κ3) is 5.24. The average molecular weight is 504 g/mol. The Balaban J connectivity index is 1.28. The Morgan fingerprint density at radius 1 is 1.03 bits per heavy atom. The molecule has 8 nitrogen and oxygen atoms in total. The highest BCUT2D eigenvalue weighted by atomic mass is 35.5. The molecule has 0 saturated carbocycles. The Labute approximate surface area is 210 Å². The highest BCUT2D eigenvalue weighted by Gasteiger charge is 2.11. The van der Waals surface area contributed by atoms with Gasteiger partial charge in [0.1, 0.15) is 6.54 Å². The topological polar surface area (TPSA) is 90.0 Å². The molecule has 0 spiro atoms.